The van der Waals surface area contributed by atoms with Gasteiger partial charge in [-0.15, -0.1) is 0 Å². The SMILES string of the molecule is COC[C@]1(OC)CCC2C3CCC4=COCCC4=C3C(c3ccc(CN=O)cc3)C[C@@]21C. The molecule has 3 unspecified atom stereocenters. The van der Waals surface area contributed by atoms with E-state index in [1.54, 1.807) is 18.3 Å². The van der Waals surface area contributed by atoms with Crippen molar-refractivity contribution in [1.29, 1.82) is 0 Å². The summed E-state index contributed by atoms with van der Waals surface area (Å²) in [5, 5.41) is 3.06. The van der Waals surface area contributed by atoms with Crippen LogP contribution >= 0.6 is 0 Å². The average Bonchev–Trinajstić information content (AvgIpc) is 3.11. The Bertz CT molecular complexity index is 935. The number of nitroso groups, excluding NO2 is 1. The summed E-state index contributed by atoms with van der Waals surface area (Å²) in [4.78, 5) is 10.7. The molecule has 5 rings (SSSR count). The van der Waals surface area contributed by atoms with E-state index in [2.05, 4.69) is 36.4 Å². The van der Waals surface area contributed by atoms with Crippen molar-refractivity contribution in [2.75, 3.05) is 27.4 Å². The maximum Gasteiger partial charge on any atom is 0.106 e. The summed E-state index contributed by atoms with van der Waals surface area (Å²) in [5.41, 5.74) is 6.73. The van der Waals surface area contributed by atoms with Crippen LogP contribution in [0.4, 0.5) is 0 Å². The van der Waals surface area contributed by atoms with Crippen molar-refractivity contribution in [1.82, 2.24) is 0 Å². The number of hydrogen-bond acceptors (Lipinski definition) is 5. The molecule has 5 heteroatoms. The minimum Gasteiger partial charge on any atom is -0.501 e. The topological polar surface area (TPSA) is 57.1 Å². The maximum absolute atomic E-state index is 10.7. The van der Waals surface area contributed by atoms with Gasteiger partial charge in [0, 0.05) is 32.0 Å². The molecular formula is C27H35NO4. The van der Waals surface area contributed by atoms with E-state index in [0.717, 1.165) is 37.9 Å². The van der Waals surface area contributed by atoms with Gasteiger partial charge in [0.15, 0.2) is 0 Å². The normalized spacial score (nSPS) is 36.0. The van der Waals surface area contributed by atoms with E-state index in [4.69, 9.17) is 14.2 Å². The van der Waals surface area contributed by atoms with Crippen LogP contribution < -0.4 is 0 Å². The molecule has 2 saturated carbocycles. The molecule has 0 radical (unpaired) electrons. The Balaban J connectivity index is 1.63. The van der Waals surface area contributed by atoms with Crippen molar-refractivity contribution >= 4 is 0 Å². The second kappa shape index (κ2) is 8.42. The highest BCUT2D eigenvalue weighted by Crippen LogP contribution is 2.67. The van der Waals surface area contributed by atoms with Gasteiger partial charge >= 0.3 is 0 Å². The van der Waals surface area contributed by atoms with Crippen LogP contribution in [0.3, 0.4) is 0 Å². The Hall–Kier alpha value is -1.98. The summed E-state index contributed by atoms with van der Waals surface area (Å²) >= 11 is 0. The first-order chi connectivity index (χ1) is 15.6. The summed E-state index contributed by atoms with van der Waals surface area (Å²) in [6.45, 7) is 4.11. The fraction of sp³-hybridized carbons (Fsp3) is 0.630. The Kier molecular flexibility index (Phi) is 5.75. The highest BCUT2D eigenvalue weighted by Gasteiger charge is 2.63. The lowest BCUT2D eigenvalue weighted by Gasteiger charge is -2.55. The van der Waals surface area contributed by atoms with Gasteiger partial charge in [0.2, 0.25) is 0 Å². The van der Waals surface area contributed by atoms with Crippen molar-refractivity contribution in [3.63, 3.8) is 0 Å². The van der Waals surface area contributed by atoms with Crippen LogP contribution in [-0.4, -0.2) is 33.0 Å². The molecule has 4 aliphatic rings. The van der Waals surface area contributed by atoms with Gasteiger partial charge in [0.1, 0.15) is 6.54 Å². The zero-order valence-electron chi connectivity index (χ0n) is 19.6. The highest BCUT2D eigenvalue weighted by atomic mass is 16.5. The molecule has 5 atom stereocenters. The first-order valence-corrected chi connectivity index (χ1v) is 12.0. The molecule has 1 aliphatic heterocycles. The number of nitrogens with zero attached hydrogens (tertiary/aromatic N) is 1. The van der Waals surface area contributed by atoms with E-state index in [9.17, 15) is 4.91 Å². The third-order valence-corrected chi connectivity index (χ3v) is 9.16. The highest BCUT2D eigenvalue weighted by molar-refractivity contribution is 5.48. The monoisotopic (exact) mass is 437 g/mol. The summed E-state index contributed by atoms with van der Waals surface area (Å²) in [6, 6.07) is 8.58. The zero-order chi connectivity index (χ0) is 22.3. The van der Waals surface area contributed by atoms with Gasteiger partial charge in [0.05, 0.1) is 25.1 Å². The summed E-state index contributed by atoms with van der Waals surface area (Å²) < 4.78 is 17.8. The summed E-state index contributed by atoms with van der Waals surface area (Å²) in [6.07, 6.45) is 8.63. The molecule has 172 valence electrons. The molecular weight excluding hydrogens is 402 g/mol. The molecule has 1 aromatic rings. The van der Waals surface area contributed by atoms with Crippen LogP contribution in [-0.2, 0) is 20.8 Å². The van der Waals surface area contributed by atoms with E-state index < -0.39 is 0 Å². The van der Waals surface area contributed by atoms with Gasteiger partial charge in [0.25, 0.3) is 0 Å². The molecule has 5 nitrogen and oxygen atoms in total. The Labute approximate surface area is 191 Å². The van der Waals surface area contributed by atoms with Crippen molar-refractivity contribution in [3.8, 4) is 0 Å². The third kappa shape index (κ3) is 3.19. The number of hydrogen-bond donors (Lipinski definition) is 0. The van der Waals surface area contributed by atoms with Gasteiger partial charge in [-0.2, -0.15) is 4.91 Å². The fourth-order valence-corrected chi connectivity index (χ4v) is 7.61. The molecule has 0 aromatic heterocycles. The van der Waals surface area contributed by atoms with Crippen LogP contribution in [0.25, 0.3) is 0 Å². The van der Waals surface area contributed by atoms with E-state index in [-0.39, 0.29) is 17.6 Å². The van der Waals surface area contributed by atoms with Crippen LogP contribution in [0.15, 0.2) is 52.4 Å². The molecule has 0 N–H and O–H groups in total. The molecule has 0 bridgehead atoms. The predicted molar refractivity (Wildman–Crippen MR) is 124 cm³/mol. The lowest BCUT2D eigenvalue weighted by atomic mass is 9.51. The van der Waals surface area contributed by atoms with E-state index in [1.165, 1.54) is 24.0 Å². The van der Waals surface area contributed by atoms with Crippen molar-refractivity contribution in [2.24, 2.45) is 22.4 Å². The number of allylic oxidation sites excluding steroid dienone is 2. The van der Waals surface area contributed by atoms with Gasteiger partial charge in [-0.25, -0.2) is 0 Å². The standard InChI is InChI=1S/C27H35NO4/c1-26-14-23(19-6-4-18(5-7-19)15-28-29)25-21-11-13-32-16-20(21)8-9-22(25)24(26)10-12-27(26,31-3)17-30-2/h4-7,16,22-24H,8-15,17H2,1-3H3/t22?,23?,24?,26-,27+/m0/s1. The summed E-state index contributed by atoms with van der Waals surface area (Å²) in [5.74, 6) is 1.54. The van der Waals surface area contributed by atoms with Crippen LogP contribution in [0, 0.1) is 22.2 Å². The number of methoxy groups -OCH3 is 2. The lowest BCUT2D eigenvalue weighted by Crippen LogP contribution is -2.54. The number of rotatable bonds is 6. The van der Waals surface area contributed by atoms with E-state index >= 15 is 0 Å². The lowest BCUT2D eigenvalue weighted by molar-refractivity contribution is -0.149. The second-order valence-corrected chi connectivity index (χ2v) is 10.3. The van der Waals surface area contributed by atoms with E-state index in [0.29, 0.717) is 24.4 Å². The van der Waals surface area contributed by atoms with Crippen molar-refractivity contribution < 1.29 is 14.2 Å². The second-order valence-electron chi connectivity index (χ2n) is 10.3. The minimum absolute atomic E-state index is 0.0482. The average molecular weight is 438 g/mol. The molecule has 2 fully saturated rings. The smallest absolute Gasteiger partial charge is 0.106 e. The Morgan fingerprint density at radius 2 is 1.97 bits per heavy atom. The molecule has 0 amide bonds. The molecule has 1 aromatic carbocycles. The number of fused-ring (bicyclic) bond motifs is 4. The number of benzene rings is 1. The fourth-order valence-electron chi connectivity index (χ4n) is 7.61. The molecule has 3 aliphatic carbocycles. The molecule has 1 heterocycles. The Morgan fingerprint density at radius 1 is 1.16 bits per heavy atom. The first-order valence-electron chi connectivity index (χ1n) is 12.0. The van der Waals surface area contributed by atoms with Gasteiger partial charge in [-0.05, 0) is 66.2 Å². The van der Waals surface area contributed by atoms with Crippen LogP contribution in [0.2, 0.25) is 0 Å². The zero-order valence-corrected chi connectivity index (χ0v) is 19.6. The van der Waals surface area contributed by atoms with Crippen LogP contribution in [0.1, 0.15) is 62.5 Å². The van der Waals surface area contributed by atoms with Crippen molar-refractivity contribution in [2.45, 2.75) is 63.5 Å². The molecule has 32 heavy (non-hydrogen) atoms. The van der Waals surface area contributed by atoms with Crippen molar-refractivity contribution in [3.05, 3.63) is 63.3 Å². The van der Waals surface area contributed by atoms with Gasteiger partial charge in [-0.3, -0.25) is 0 Å². The van der Waals surface area contributed by atoms with Gasteiger partial charge in [-0.1, -0.05) is 41.9 Å². The van der Waals surface area contributed by atoms with Gasteiger partial charge < -0.3 is 14.2 Å². The quantitative estimate of drug-likeness (QED) is 0.520. The maximum atomic E-state index is 10.7. The number of ether oxygens (including phenoxy) is 3. The first kappa shape index (κ1) is 21.8. The largest absolute Gasteiger partial charge is 0.501 e. The van der Waals surface area contributed by atoms with Crippen LogP contribution in [0.5, 0.6) is 0 Å². The Morgan fingerprint density at radius 3 is 2.69 bits per heavy atom. The van der Waals surface area contributed by atoms with E-state index in [1.807, 2.05) is 13.4 Å². The molecule has 0 spiro atoms. The molecule has 0 saturated heterocycles. The summed E-state index contributed by atoms with van der Waals surface area (Å²) in [7, 11) is 3.67. The third-order valence-electron chi connectivity index (χ3n) is 9.16. The minimum atomic E-state index is -0.242. The predicted octanol–water partition coefficient (Wildman–Crippen LogP) is 5.90.